The molecule has 2 aromatic carbocycles. The van der Waals surface area contributed by atoms with E-state index < -0.39 is 0 Å². The van der Waals surface area contributed by atoms with Crippen LogP contribution in [-0.4, -0.2) is 23.3 Å². The maximum atomic E-state index is 12.9. The van der Waals surface area contributed by atoms with Crippen molar-refractivity contribution in [3.63, 3.8) is 0 Å². The molecule has 32 heavy (non-hydrogen) atoms. The summed E-state index contributed by atoms with van der Waals surface area (Å²) in [6.45, 7) is 6.23. The molecular weight excluding hydrogens is 418 g/mol. The molecule has 1 unspecified atom stereocenters. The quantitative estimate of drug-likeness (QED) is 0.414. The van der Waals surface area contributed by atoms with Crippen LogP contribution in [0.15, 0.2) is 65.7 Å². The van der Waals surface area contributed by atoms with Crippen LogP contribution in [0.2, 0.25) is 0 Å². The molecule has 0 saturated heterocycles. The molecule has 6 heteroatoms. The minimum atomic E-state index is -0.370. The number of nitriles is 1. The van der Waals surface area contributed by atoms with Gasteiger partial charge in [0.1, 0.15) is 16.8 Å². The molecule has 0 aliphatic carbocycles. The normalized spacial score (nSPS) is 11.6. The molecule has 1 atom stereocenters. The van der Waals surface area contributed by atoms with E-state index in [2.05, 4.69) is 25.2 Å². The molecule has 0 aliphatic rings. The molecule has 0 saturated carbocycles. The van der Waals surface area contributed by atoms with Crippen LogP contribution < -0.4 is 10.1 Å². The second-order valence-corrected chi connectivity index (χ2v) is 8.86. The number of anilines is 1. The van der Waals surface area contributed by atoms with E-state index in [1.165, 1.54) is 17.3 Å². The van der Waals surface area contributed by atoms with Gasteiger partial charge in [0.15, 0.2) is 0 Å². The monoisotopic (exact) mass is 445 g/mol. The average Bonchev–Trinajstić information content (AvgIpc) is 2.82. The molecule has 0 fully saturated rings. The lowest BCUT2D eigenvalue weighted by Gasteiger charge is -2.16. The Balaban J connectivity index is 1.79. The molecule has 1 N–H and O–H groups in total. The molecule has 0 bridgehead atoms. The van der Waals surface area contributed by atoms with Crippen LogP contribution in [0.3, 0.4) is 0 Å². The molecule has 1 aromatic heterocycles. The van der Waals surface area contributed by atoms with Crippen LogP contribution in [-0.2, 0) is 4.79 Å². The molecular formula is C26H27N3O2S. The van der Waals surface area contributed by atoms with Crippen molar-refractivity contribution in [1.82, 2.24) is 4.98 Å². The largest absolute Gasteiger partial charge is 0.497 e. The van der Waals surface area contributed by atoms with Gasteiger partial charge in [-0.05, 0) is 66.4 Å². The number of aromatic nitrogens is 1. The minimum absolute atomic E-state index is 0.102. The Morgan fingerprint density at radius 1 is 1.09 bits per heavy atom. The Labute approximate surface area is 193 Å². The summed E-state index contributed by atoms with van der Waals surface area (Å²) in [6, 6.07) is 21.3. The highest BCUT2D eigenvalue weighted by atomic mass is 32.2. The van der Waals surface area contributed by atoms with Gasteiger partial charge in [-0.3, -0.25) is 4.79 Å². The first kappa shape index (κ1) is 23.4. The second-order valence-electron chi connectivity index (χ2n) is 7.67. The van der Waals surface area contributed by atoms with Crippen molar-refractivity contribution in [2.45, 2.75) is 43.4 Å². The number of methoxy groups -OCH3 is 1. The van der Waals surface area contributed by atoms with E-state index in [-0.39, 0.29) is 11.2 Å². The van der Waals surface area contributed by atoms with Gasteiger partial charge >= 0.3 is 0 Å². The van der Waals surface area contributed by atoms with Gasteiger partial charge in [-0.15, -0.1) is 0 Å². The molecule has 3 aromatic rings. The third-order valence-corrected chi connectivity index (χ3v) is 6.49. The van der Waals surface area contributed by atoms with Crippen molar-refractivity contribution >= 4 is 23.4 Å². The summed E-state index contributed by atoms with van der Waals surface area (Å²) < 4.78 is 5.21. The van der Waals surface area contributed by atoms with Crippen LogP contribution in [0.5, 0.6) is 5.75 Å². The number of nitrogens with one attached hydrogen (secondary N) is 1. The van der Waals surface area contributed by atoms with Gasteiger partial charge in [0.2, 0.25) is 5.91 Å². The Morgan fingerprint density at radius 2 is 1.78 bits per heavy atom. The topological polar surface area (TPSA) is 75.0 Å². The average molecular weight is 446 g/mol. The number of ether oxygens (including phenoxy) is 1. The first-order valence-electron chi connectivity index (χ1n) is 10.6. The van der Waals surface area contributed by atoms with Gasteiger partial charge in [0.05, 0.1) is 23.6 Å². The third-order valence-electron chi connectivity index (χ3n) is 5.13. The lowest BCUT2D eigenvalue weighted by molar-refractivity contribution is -0.115. The van der Waals surface area contributed by atoms with Crippen molar-refractivity contribution in [1.29, 1.82) is 5.26 Å². The summed E-state index contributed by atoms with van der Waals surface area (Å²) in [5.74, 6) is 1.10. The highest BCUT2D eigenvalue weighted by Gasteiger charge is 2.21. The lowest BCUT2D eigenvalue weighted by atomic mass is 10.0. The summed E-state index contributed by atoms with van der Waals surface area (Å²) in [6.07, 6.45) is 0.611. The number of benzene rings is 2. The Hall–Kier alpha value is -3.30. The Morgan fingerprint density at radius 3 is 2.34 bits per heavy atom. The van der Waals surface area contributed by atoms with Crippen LogP contribution in [0, 0.1) is 11.3 Å². The number of hydrogen-bond donors (Lipinski definition) is 1. The molecule has 5 nitrogen and oxygen atoms in total. The Kier molecular flexibility index (Phi) is 7.91. The van der Waals surface area contributed by atoms with E-state index in [0.717, 1.165) is 22.7 Å². The fourth-order valence-electron chi connectivity index (χ4n) is 3.17. The van der Waals surface area contributed by atoms with E-state index in [1.807, 2.05) is 61.5 Å². The predicted octanol–water partition coefficient (Wildman–Crippen LogP) is 6.26. The van der Waals surface area contributed by atoms with E-state index in [9.17, 15) is 10.1 Å². The van der Waals surface area contributed by atoms with Gasteiger partial charge in [-0.1, -0.05) is 44.7 Å². The highest BCUT2D eigenvalue weighted by molar-refractivity contribution is 8.00. The standard InChI is InChI=1S/C26H27N3O2S/c1-5-24(25(30)28-21-11-6-18(7-12-21)17(2)3)32-26-20(16-27)10-15-23(29-26)19-8-13-22(31-4)14-9-19/h6-15,17,24H,5H2,1-4H3,(H,28,30). The SMILES string of the molecule is CCC(Sc1nc(-c2ccc(OC)cc2)ccc1C#N)C(=O)Nc1ccc(C(C)C)cc1. The summed E-state index contributed by atoms with van der Waals surface area (Å²) in [4.78, 5) is 17.6. The van der Waals surface area contributed by atoms with Crippen LogP contribution in [0.1, 0.15) is 44.2 Å². The minimum Gasteiger partial charge on any atom is -0.497 e. The number of nitrogens with zero attached hydrogens (tertiary/aromatic N) is 2. The van der Waals surface area contributed by atoms with Gasteiger partial charge in [-0.2, -0.15) is 5.26 Å². The highest BCUT2D eigenvalue weighted by Crippen LogP contribution is 2.31. The van der Waals surface area contributed by atoms with E-state index in [0.29, 0.717) is 22.9 Å². The van der Waals surface area contributed by atoms with Crippen molar-refractivity contribution in [2.75, 3.05) is 12.4 Å². The number of carbonyl (C=O) groups excluding carboxylic acids is 1. The molecule has 0 spiro atoms. The number of rotatable bonds is 8. The van der Waals surface area contributed by atoms with E-state index in [1.54, 1.807) is 13.2 Å². The lowest BCUT2D eigenvalue weighted by Crippen LogP contribution is -2.24. The number of hydrogen-bond acceptors (Lipinski definition) is 5. The molecule has 1 heterocycles. The third kappa shape index (κ3) is 5.68. The van der Waals surface area contributed by atoms with Gasteiger partial charge in [-0.25, -0.2) is 4.98 Å². The van der Waals surface area contributed by atoms with Crippen LogP contribution >= 0.6 is 11.8 Å². The van der Waals surface area contributed by atoms with Crippen molar-refractivity contribution in [3.8, 4) is 23.1 Å². The van der Waals surface area contributed by atoms with Crippen molar-refractivity contribution in [3.05, 3.63) is 71.8 Å². The maximum Gasteiger partial charge on any atom is 0.237 e. The molecule has 0 aliphatic heterocycles. The number of carbonyl (C=O) groups is 1. The maximum absolute atomic E-state index is 12.9. The summed E-state index contributed by atoms with van der Waals surface area (Å²) in [7, 11) is 1.62. The van der Waals surface area contributed by atoms with Gasteiger partial charge in [0.25, 0.3) is 0 Å². The molecule has 164 valence electrons. The summed E-state index contributed by atoms with van der Waals surface area (Å²) >= 11 is 1.32. The number of pyridine rings is 1. The van der Waals surface area contributed by atoms with Crippen LogP contribution in [0.4, 0.5) is 5.69 Å². The van der Waals surface area contributed by atoms with Gasteiger partial charge in [0, 0.05) is 11.3 Å². The zero-order valence-corrected chi connectivity index (χ0v) is 19.6. The number of amides is 1. The van der Waals surface area contributed by atoms with Gasteiger partial charge < -0.3 is 10.1 Å². The van der Waals surface area contributed by atoms with Crippen molar-refractivity contribution in [2.24, 2.45) is 0 Å². The van der Waals surface area contributed by atoms with Crippen molar-refractivity contribution < 1.29 is 9.53 Å². The zero-order chi connectivity index (χ0) is 23.1. The first-order valence-corrected chi connectivity index (χ1v) is 11.5. The second kappa shape index (κ2) is 10.8. The Bertz CT molecular complexity index is 1100. The zero-order valence-electron chi connectivity index (χ0n) is 18.8. The molecule has 1 amide bonds. The summed E-state index contributed by atoms with van der Waals surface area (Å²) in [5, 5.41) is 12.7. The molecule has 0 radical (unpaired) electrons. The predicted molar refractivity (Wildman–Crippen MR) is 130 cm³/mol. The summed E-state index contributed by atoms with van der Waals surface area (Å²) in [5.41, 5.74) is 4.11. The van der Waals surface area contributed by atoms with Crippen LogP contribution in [0.25, 0.3) is 11.3 Å². The van der Waals surface area contributed by atoms with E-state index in [4.69, 9.17) is 9.72 Å². The van der Waals surface area contributed by atoms with E-state index >= 15 is 0 Å². The smallest absolute Gasteiger partial charge is 0.237 e. The first-order chi connectivity index (χ1) is 15.4. The fourth-order valence-corrected chi connectivity index (χ4v) is 4.16. The fraction of sp³-hybridized carbons (Fsp3) is 0.269. The number of thioether (sulfide) groups is 1. The molecule has 3 rings (SSSR count).